The summed E-state index contributed by atoms with van der Waals surface area (Å²) in [5, 5.41) is 0. The number of fused-ring (bicyclic) bond motifs is 7. The van der Waals surface area contributed by atoms with Crippen molar-refractivity contribution in [1.29, 1.82) is 0 Å². The van der Waals surface area contributed by atoms with Crippen LogP contribution in [-0.2, 0) is 43.0 Å². The van der Waals surface area contributed by atoms with Crippen molar-refractivity contribution < 1.29 is 43.0 Å². The van der Waals surface area contributed by atoms with Crippen LogP contribution in [0.2, 0.25) is 0 Å². The van der Waals surface area contributed by atoms with E-state index in [1.807, 2.05) is 27.7 Å². The smallest absolute Gasteiger partial charge is 0.329 e. The van der Waals surface area contributed by atoms with Gasteiger partial charge in [-0.05, 0) is 125 Å². The molecule has 11 nitrogen and oxygen atoms in total. The maximum Gasteiger partial charge on any atom is 0.329 e. The molecule has 2 saturated heterocycles. The lowest BCUT2D eigenvalue weighted by Gasteiger charge is -2.47. The van der Waals surface area contributed by atoms with Gasteiger partial charge in [0.05, 0.1) is 36.9 Å². The van der Waals surface area contributed by atoms with Crippen LogP contribution in [-0.4, -0.2) is 76.4 Å². The van der Waals surface area contributed by atoms with Crippen molar-refractivity contribution in [2.75, 3.05) is 13.2 Å². The number of nitrogens with zero attached hydrogens (tertiary/aromatic N) is 2. The summed E-state index contributed by atoms with van der Waals surface area (Å²) < 4.78 is 10.6. The molecule has 0 aromatic carbocycles. The molecule has 0 aromatic heterocycles. The standard InChI is InChI=1S/C41H58N2O9/c1-7-51-40(49)33(9-19(3)4)42-36(45)29-15-21-11-25-26-12-22-16-30-32(39(48)43(37(30)46)34(10-20(5)6)41(50)52-8-2)18-24(22)14-28(26)35(44)27(25)13-23(21)17-31(29)38(42)47/h19-34H,7-18H2,1-6H3. The Balaban J connectivity index is 1.05. The fourth-order valence-corrected chi connectivity index (χ4v) is 12.4. The zero-order chi connectivity index (χ0) is 37.3. The summed E-state index contributed by atoms with van der Waals surface area (Å²) in [6, 6.07) is -1.81. The molecular formula is C41H58N2O9. The van der Waals surface area contributed by atoms with Gasteiger partial charge in [-0.25, -0.2) is 9.59 Å². The second kappa shape index (κ2) is 14.3. The molecule has 4 amide bonds. The van der Waals surface area contributed by atoms with Crippen molar-refractivity contribution in [1.82, 2.24) is 9.80 Å². The second-order valence-corrected chi connectivity index (χ2v) is 18.2. The highest BCUT2D eigenvalue weighted by atomic mass is 16.5. The molecule has 52 heavy (non-hydrogen) atoms. The Hall–Kier alpha value is -3.11. The lowest BCUT2D eigenvalue weighted by Crippen LogP contribution is -2.47. The first-order valence-electron chi connectivity index (χ1n) is 20.4. The molecule has 0 radical (unpaired) electrons. The van der Waals surface area contributed by atoms with E-state index in [0.29, 0.717) is 44.3 Å². The van der Waals surface area contributed by atoms with E-state index in [1.54, 1.807) is 13.8 Å². The first kappa shape index (κ1) is 37.2. The van der Waals surface area contributed by atoms with Gasteiger partial charge in [-0.15, -0.1) is 0 Å². The van der Waals surface area contributed by atoms with Crippen molar-refractivity contribution in [3.05, 3.63) is 0 Å². The van der Waals surface area contributed by atoms with Crippen LogP contribution in [0.1, 0.15) is 106 Å². The predicted molar refractivity (Wildman–Crippen MR) is 187 cm³/mol. The summed E-state index contributed by atoms with van der Waals surface area (Å²) in [6.45, 7) is 11.7. The average molecular weight is 723 g/mol. The van der Waals surface area contributed by atoms with Crippen LogP contribution in [0.4, 0.5) is 0 Å². The number of carbonyl (C=O) groups is 7. The van der Waals surface area contributed by atoms with Gasteiger partial charge < -0.3 is 9.47 Å². The SMILES string of the molecule is CCOC(=O)C(CC(C)C)N1C(=O)C2CC3CC4C(=O)C5CC6CC7C(=O)N(C(CC(C)C)C(=O)OCC)C(=O)C7CC6CC5C4CC3CC2C1=O. The van der Waals surface area contributed by atoms with Crippen LogP contribution in [0.5, 0.6) is 0 Å². The minimum Gasteiger partial charge on any atom is -0.464 e. The van der Waals surface area contributed by atoms with Gasteiger partial charge in [-0.3, -0.25) is 33.8 Å². The molecule has 0 aromatic rings. The molecule has 0 bridgehead atoms. The number of rotatable bonds is 10. The number of hydrogen-bond donors (Lipinski definition) is 0. The molecule has 286 valence electrons. The third kappa shape index (κ3) is 6.13. The molecular weight excluding hydrogens is 664 g/mol. The Labute approximate surface area is 307 Å². The number of ether oxygens (including phenoxy) is 2. The number of Topliss-reactive ketones (excluding diaryl/α,β-unsaturated/α-hetero) is 1. The van der Waals surface area contributed by atoms with E-state index in [2.05, 4.69) is 0 Å². The van der Waals surface area contributed by atoms with E-state index >= 15 is 0 Å². The van der Waals surface area contributed by atoms with Crippen LogP contribution >= 0.6 is 0 Å². The average Bonchev–Trinajstić information content (AvgIpc) is 3.60. The molecule has 14 atom stereocenters. The summed E-state index contributed by atoms with van der Waals surface area (Å²) >= 11 is 0. The van der Waals surface area contributed by atoms with Gasteiger partial charge in [0, 0.05) is 11.8 Å². The van der Waals surface area contributed by atoms with E-state index in [0.717, 1.165) is 25.7 Å². The van der Waals surface area contributed by atoms with E-state index < -0.39 is 47.7 Å². The molecule has 7 aliphatic rings. The summed E-state index contributed by atoms with van der Waals surface area (Å²) in [6.07, 6.45) is 6.36. The van der Waals surface area contributed by atoms with Crippen molar-refractivity contribution in [3.63, 3.8) is 0 Å². The third-order valence-corrected chi connectivity index (χ3v) is 14.5. The Morgan fingerprint density at radius 1 is 0.519 bits per heavy atom. The minimum absolute atomic E-state index is 0.0518. The molecule has 14 unspecified atom stereocenters. The van der Waals surface area contributed by atoms with Crippen LogP contribution in [0.15, 0.2) is 0 Å². The van der Waals surface area contributed by atoms with Crippen molar-refractivity contribution >= 4 is 41.4 Å². The van der Waals surface area contributed by atoms with Gasteiger partial charge in [-0.1, -0.05) is 27.7 Å². The normalized spacial score (nSPS) is 39.1. The summed E-state index contributed by atoms with van der Waals surface area (Å²) in [7, 11) is 0. The fourth-order valence-electron chi connectivity index (χ4n) is 12.4. The van der Waals surface area contributed by atoms with Crippen LogP contribution in [0, 0.1) is 82.9 Å². The number of esters is 2. The van der Waals surface area contributed by atoms with Gasteiger partial charge >= 0.3 is 11.9 Å². The highest BCUT2D eigenvalue weighted by Crippen LogP contribution is 2.62. The second-order valence-electron chi connectivity index (χ2n) is 18.2. The lowest BCUT2D eigenvalue weighted by atomic mass is 9.56. The van der Waals surface area contributed by atoms with E-state index in [9.17, 15) is 33.6 Å². The van der Waals surface area contributed by atoms with Gasteiger partial charge in [0.2, 0.25) is 23.6 Å². The molecule has 0 N–H and O–H groups in total. The first-order chi connectivity index (χ1) is 24.7. The van der Waals surface area contributed by atoms with Crippen molar-refractivity contribution in [2.24, 2.45) is 82.9 Å². The summed E-state index contributed by atoms with van der Waals surface area (Å²) in [5.41, 5.74) is 0. The Morgan fingerprint density at radius 2 is 0.808 bits per heavy atom. The number of ketones is 1. The van der Waals surface area contributed by atoms with Crippen LogP contribution in [0.3, 0.4) is 0 Å². The van der Waals surface area contributed by atoms with Gasteiger partial charge in [0.15, 0.2) is 0 Å². The van der Waals surface area contributed by atoms with Crippen LogP contribution < -0.4 is 0 Å². The fraction of sp³-hybridized carbons (Fsp3) is 0.829. The molecule has 5 saturated carbocycles. The maximum atomic E-state index is 14.2. The molecule has 7 fully saturated rings. The number of likely N-dealkylation sites (tertiary alicyclic amines) is 2. The van der Waals surface area contributed by atoms with Crippen molar-refractivity contribution in [3.8, 4) is 0 Å². The summed E-state index contributed by atoms with van der Waals surface area (Å²) in [4.78, 5) is 98.2. The van der Waals surface area contributed by atoms with E-state index in [1.165, 1.54) is 9.80 Å². The molecule has 0 spiro atoms. The zero-order valence-corrected chi connectivity index (χ0v) is 31.8. The largest absolute Gasteiger partial charge is 0.464 e. The number of carbonyl (C=O) groups excluding carboxylic acids is 7. The topological polar surface area (TPSA) is 144 Å². The highest BCUT2D eigenvalue weighted by Gasteiger charge is 2.63. The Kier molecular flexibility index (Phi) is 10.2. The molecule has 5 aliphatic carbocycles. The number of amides is 4. The number of imide groups is 2. The Bertz CT molecular complexity index is 1400. The first-order valence-corrected chi connectivity index (χ1v) is 20.4. The van der Waals surface area contributed by atoms with E-state index in [4.69, 9.17) is 9.47 Å². The van der Waals surface area contributed by atoms with Crippen LogP contribution in [0.25, 0.3) is 0 Å². The molecule has 2 heterocycles. The van der Waals surface area contributed by atoms with Gasteiger partial charge in [0.25, 0.3) is 0 Å². The number of hydrogen-bond acceptors (Lipinski definition) is 9. The quantitative estimate of drug-likeness (QED) is 0.229. The lowest BCUT2D eigenvalue weighted by molar-refractivity contribution is -0.159. The minimum atomic E-state index is -0.903. The predicted octanol–water partition coefficient (Wildman–Crippen LogP) is 4.83. The zero-order valence-electron chi connectivity index (χ0n) is 31.8. The molecule has 2 aliphatic heterocycles. The highest BCUT2D eigenvalue weighted by molar-refractivity contribution is 6.08. The maximum absolute atomic E-state index is 14.2. The Morgan fingerprint density at radius 3 is 1.10 bits per heavy atom. The third-order valence-electron chi connectivity index (χ3n) is 14.5. The molecule has 11 heteroatoms. The van der Waals surface area contributed by atoms with Gasteiger partial charge in [0.1, 0.15) is 17.9 Å². The molecule has 7 rings (SSSR count). The monoisotopic (exact) mass is 722 g/mol. The van der Waals surface area contributed by atoms with E-state index in [-0.39, 0.29) is 96.0 Å². The van der Waals surface area contributed by atoms with Crippen molar-refractivity contribution in [2.45, 2.75) is 118 Å². The van der Waals surface area contributed by atoms with Gasteiger partial charge in [-0.2, -0.15) is 0 Å². The summed E-state index contributed by atoms with van der Waals surface area (Å²) in [5.74, 6) is -2.05.